The molecule has 0 atom stereocenters. The third-order valence-corrected chi connectivity index (χ3v) is 3.64. The van der Waals surface area contributed by atoms with Gasteiger partial charge in [-0.2, -0.15) is 0 Å². The van der Waals surface area contributed by atoms with Crippen LogP contribution in [-0.4, -0.2) is 49.7 Å². The summed E-state index contributed by atoms with van der Waals surface area (Å²) in [6, 6.07) is 7.36. The highest BCUT2D eigenvalue weighted by Gasteiger charge is 2.24. The van der Waals surface area contributed by atoms with Gasteiger partial charge in [0.2, 0.25) is 0 Å². The molecule has 0 radical (unpaired) electrons. The van der Waals surface area contributed by atoms with E-state index in [1.54, 1.807) is 20.2 Å². The monoisotopic (exact) mass is 391 g/mol. The summed E-state index contributed by atoms with van der Waals surface area (Å²) in [4.78, 5) is 27.9. The van der Waals surface area contributed by atoms with Crippen molar-refractivity contribution in [1.29, 1.82) is 0 Å². The molecular weight excluding hydrogens is 358 g/mol. The highest BCUT2D eigenvalue weighted by molar-refractivity contribution is 5.94. The van der Waals surface area contributed by atoms with Gasteiger partial charge in [-0.25, -0.2) is 4.79 Å². The highest BCUT2D eigenvalue weighted by Crippen LogP contribution is 2.09. The fraction of sp³-hybridized carbons (Fsp3) is 0.550. The summed E-state index contributed by atoms with van der Waals surface area (Å²) in [5.41, 5.74) is 0.468. The number of alkyl carbamates (subject to hydrolysis) is 1. The van der Waals surface area contributed by atoms with Crippen LogP contribution in [0.5, 0.6) is 0 Å². The maximum Gasteiger partial charge on any atom is 0.408 e. The average Bonchev–Trinajstić information content (AvgIpc) is 2.59. The quantitative estimate of drug-likeness (QED) is 0.439. The molecule has 156 valence electrons. The first kappa shape index (κ1) is 23.3. The topological polar surface area (TPSA) is 104 Å². The molecule has 1 rings (SSSR count). The van der Waals surface area contributed by atoms with Gasteiger partial charge in [0.1, 0.15) is 5.60 Å². The van der Waals surface area contributed by atoms with E-state index in [-0.39, 0.29) is 5.91 Å². The van der Waals surface area contributed by atoms with E-state index in [1.165, 1.54) is 0 Å². The molecule has 1 aromatic carbocycles. The van der Waals surface area contributed by atoms with E-state index < -0.39 is 17.2 Å². The molecule has 4 N–H and O–H groups in total. The number of aliphatic imine (C=N–C) groups is 1. The van der Waals surface area contributed by atoms with E-state index in [9.17, 15) is 9.59 Å². The normalized spacial score (nSPS) is 12.2. The Morgan fingerprint density at radius 1 is 1.11 bits per heavy atom. The van der Waals surface area contributed by atoms with Gasteiger partial charge in [0.05, 0.1) is 5.54 Å². The molecule has 0 saturated heterocycles. The van der Waals surface area contributed by atoms with Crippen LogP contribution in [0.3, 0.4) is 0 Å². The van der Waals surface area contributed by atoms with Gasteiger partial charge < -0.3 is 26.0 Å². The molecule has 0 saturated carbocycles. The number of amides is 2. The van der Waals surface area contributed by atoms with Crippen molar-refractivity contribution in [3.8, 4) is 0 Å². The molecular formula is C20H33N5O3. The number of hydrogen-bond donors (Lipinski definition) is 4. The average molecular weight is 392 g/mol. The Bertz CT molecular complexity index is 708. The Balaban J connectivity index is 2.57. The van der Waals surface area contributed by atoms with Gasteiger partial charge in [0.15, 0.2) is 5.96 Å². The van der Waals surface area contributed by atoms with Crippen LogP contribution >= 0.6 is 0 Å². The van der Waals surface area contributed by atoms with E-state index in [1.807, 2.05) is 52.8 Å². The lowest BCUT2D eigenvalue weighted by molar-refractivity contribution is 0.0473. The number of benzene rings is 1. The summed E-state index contributed by atoms with van der Waals surface area (Å²) in [5.74, 6) is 0.462. The van der Waals surface area contributed by atoms with Gasteiger partial charge in [-0.05, 0) is 52.3 Å². The van der Waals surface area contributed by atoms with E-state index >= 15 is 0 Å². The second kappa shape index (κ2) is 9.96. The van der Waals surface area contributed by atoms with Crippen LogP contribution in [-0.2, 0) is 11.3 Å². The van der Waals surface area contributed by atoms with Crippen molar-refractivity contribution in [1.82, 2.24) is 21.3 Å². The third kappa shape index (κ3) is 8.75. The SMILES string of the molecule is CN=C(NCc1cccc(C(=O)NC)c1)NCC(C)(C)NC(=O)OC(C)(C)C. The van der Waals surface area contributed by atoms with Gasteiger partial charge in [-0.15, -0.1) is 0 Å². The summed E-state index contributed by atoms with van der Waals surface area (Å²) in [6.45, 7) is 10.2. The number of nitrogens with one attached hydrogen (secondary N) is 4. The molecule has 0 heterocycles. The lowest BCUT2D eigenvalue weighted by atomic mass is 10.1. The first-order valence-electron chi connectivity index (χ1n) is 9.22. The smallest absolute Gasteiger partial charge is 0.408 e. The molecule has 0 aliphatic rings. The first-order chi connectivity index (χ1) is 13.0. The molecule has 0 unspecified atom stereocenters. The van der Waals surface area contributed by atoms with Gasteiger partial charge in [0.25, 0.3) is 5.91 Å². The summed E-state index contributed by atoms with van der Waals surface area (Å²) in [5, 5.41) is 11.8. The molecule has 2 amide bonds. The maximum atomic E-state index is 12.0. The van der Waals surface area contributed by atoms with Gasteiger partial charge in [-0.3, -0.25) is 9.79 Å². The van der Waals surface area contributed by atoms with Crippen molar-refractivity contribution < 1.29 is 14.3 Å². The molecule has 0 aliphatic carbocycles. The zero-order chi connectivity index (χ0) is 21.4. The minimum Gasteiger partial charge on any atom is -0.444 e. The Kier molecular flexibility index (Phi) is 8.28. The zero-order valence-electron chi connectivity index (χ0n) is 17.9. The van der Waals surface area contributed by atoms with E-state index in [2.05, 4.69) is 26.3 Å². The maximum absolute atomic E-state index is 12.0. The number of guanidine groups is 1. The second-order valence-corrected chi connectivity index (χ2v) is 8.07. The minimum absolute atomic E-state index is 0.126. The van der Waals surface area contributed by atoms with Crippen molar-refractivity contribution in [2.24, 2.45) is 4.99 Å². The number of hydrogen-bond acceptors (Lipinski definition) is 4. The molecule has 0 spiro atoms. The predicted molar refractivity (Wildman–Crippen MR) is 111 cm³/mol. The fourth-order valence-electron chi connectivity index (χ4n) is 2.30. The van der Waals surface area contributed by atoms with Crippen LogP contribution in [0.25, 0.3) is 0 Å². The van der Waals surface area contributed by atoms with Crippen LogP contribution in [0.4, 0.5) is 4.79 Å². The van der Waals surface area contributed by atoms with Crippen molar-refractivity contribution >= 4 is 18.0 Å². The Labute approximate surface area is 167 Å². The summed E-state index contributed by atoms with van der Waals surface area (Å²) < 4.78 is 5.30. The third-order valence-electron chi connectivity index (χ3n) is 3.64. The van der Waals surface area contributed by atoms with Crippen LogP contribution in [0.15, 0.2) is 29.3 Å². The Morgan fingerprint density at radius 2 is 1.79 bits per heavy atom. The molecule has 0 fully saturated rings. The predicted octanol–water partition coefficient (Wildman–Crippen LogP) is 2.01. The number of carbonyl (C=O) groups excluding carboxylic acids is 2. The second-order valence-electron chi connectivity index (χ2n) is 8.07. The van der Waals surface area contributed by atoms with Crippen molar-refractivity contribution in [2.45, 2.75) is 52.3 Å². The van der Waals surface area contributed by atoms with Crippen LogP contribution < -0.4 is 21.3 Å². The fourth-order valence-corrected chi connectivity index (χ4v) is 2.30. The van der Waals surface area contributed by atoms with Crippen molar-refractivity contribution in [3.05, 3.63) is 35.4 Å². The summed E-state index contributed by atoms with van der Waals surface area (Å²) in [7, 11) is 3.27. The number of ether oxygens (including phenoxy) is 1. The van der Waals surface area contributed by atoms with E-state index in [0.29, 0.717) is 24.6 Å². The molecule has 8 heteroatoms. The number of nitrogens with zero attached hydrogens (tertiary/aromatic N) is 1. The summed E-state index contributed by atoms with van der Waals surface area (Å²) >= 11 is 0. The summed E-state index contributed by atoms with van der Waals surface area (Å²) in [6.07, 6.45) is -0.465. The molecule has 1 aromatic rings. The largest absolute Gasteiger partial charge is 0.444 e. The minimum atomic E-state index is -0.547. The van der Waals surface area contributed by atoms with E-state index in [4.69, 9.17) is 4.74 Å². The molecule has 0 aliphatic heterocycles. The van der Waals surface area contributed by atoms with Crippen molar-refractivity contribution in [3.63, 3.8) is 0 Å². The Morgan fingerprint density at radius 3 is 2.36 bits per heavy atom. The standard InChI is InChI=1S/C20H33N5O3/c1-19(2,3)28-18(27)25-20(4,5)13-24-17(22-7)23-12-14-9-8-10-15(11-14)16(26)21-6/h8-11H,12-13H2,1-7H3,(H,21,26)(H,25,27)(H2,22,23,24). The van der Waals surface area contributed by atoms with Gasteiger partial charge in [0, 0.05) is 32.7 Å². The number of carbonyl (C=O) groups is 2. The molecule has 0 aromatic heterocycles. The van der Waals surface area contributed by atoms with Crippen molar-refractivity contribution in [2.75, 3.05) is 20.6 Å². The van der Waals surface area contributed by atoms with E-state index in [0.717, 1.165) is 5.56 Å². The van der Waals surface area contributed by atoms with Crippen LogP contribution in [0, 0.1) is 0 Å². The molecule has 8 nitrogen and oxygen atoms in total. The van der Waals surface area contributed by atoms with Crippen LogP contribution in [0.1, 0.15) is 50.5 Å². The lowest BCUT2D eigenvalue weighted by Gasteiger charge is -2.29. The lowest BCUT2D eigenvalue weighted by Crippen LogP contribution is -2.54. The Hall–Kier alpha value is -2.77. The first-order valence-corrected chi connectivity index (χ1v) is 9.22. The number of rotatable bonds is 6. The van der Waals surface area contributed by atoms with Gasteiger partial charge in [-0.1, -0.05) is 12.1 Å². The highest BCUT2D eigenvalue weighted by atomic mass is 16.6. The zero-order valence-corrected chi connectivity index (χ0v) is 17.9. The van der Waals surface area contributed by atoms with Crippen LogP contribution in [0.2, 0.25) is 0 Å². The molecule has 28 heavy (non-hydrogen) atoms. The van der Waals surface area contributed by atoms with Gasteiger partial charge >= 0.3 is 6.09 Å². The molecule has 0 bridgehead atoms.